The molecule has 2 heterocycles. The quantitative estimate of drug-likeness (QED) is 0.753. The third-order valence-corrected chi connectivity index (χ3v) is 5.04. The lowest BCUT2D eigenvalue weighted by atomic mass is 10.0. The van der Waals surface area contributed by atoms with Gasteiger partial charge >= 0.3 is 0 Å². The fourth-order valence-corrected chi connectivity index (χ4v) is 3.22. The number of nitrogens with zero attached hydrogens (tertiary/aromatic N) is 3. The van der Waals surface area contributed by atoms with Gasteiger partial charge in [0, 0.05) is 42.2 Å². The Morgan fingerprint density at radius 1 is 1.11 bits per heavy atom. The average Bonchev–Trinajstić information content (AvgIpc) is 3.44. The summed E-state index contributed by atoms with van der Waals surface area (Å²) in [6.45, 7) is 4.56. The molecule has 0 unspecified atom stereocenters. The van der Waals surface area contributed by atoms with Crippen LogP contribution in [0.4, 0.5) is 0 Å². The first-order valence-electron chi connectivity index (χ1n) is 9.23. The number of hydrogen-bond acceptors (Lipinski definition) is 4. The van der Waals surface area contributed by atoms with Crippen molar-refractivity contribution in [1.82, 2.24) is 20.3 Å². The maximum Gasteiger partial charge on any atom is 0.223 e. The van der Waals surface area contributed by atoms with Gasteiger partial charge in [0.25, 0.3) is 0 Å². The fourth-order valence-electron chi connectivity index (χ4n) is 3.22. The summed E-state index contributed by atoms with van der Waals surface area (Å²) < 4.78 is 0. The highest BCUT2D eigenvalue weighted by Crippen LogP contribution is 2.37. The smallest absolute Gasteiger partial charge is 0.223 e. The van der Waals surface area contributed by atoms with E-state index in [1.807, 2.05) is 49.5 Å². The van der Waals surface area contributed by atoms with Crippen LogP contribution >= 0.6 is 0 Å². The van der Waals surface area contributed by atoms with E-state index in [1.165, 1.54) is 0 Å². The number of aromatic nitrogens is 3. The van der Waals surface area contributed by atoms with Crippen LogP contribution in [0.5, 0.6) is 0 Å². The highest BCUT2D eigenvalue weighted by molar-refractivity contribution is 5.81. The molecule has 0 spiro atoms. The average molecular weight is 358 g/mol. The van der Waals surface area contributed by atoms with Crippen LogP contribution in [0.2, 0.25) is 0 Å². The Hall–Kier alpha value is -3.08. The van der Waals surface area contributed by atoms with E-state index >= 15 is 0 Å². The first kappa shape index (κ1) is 17.3. The monoisotopic (exact) mass is 358 g/mol. The summed E-state index contributed by atoms with van der Waals surface area (Å²) in [5.74, 6) is 1.63. The van der Waals surface area contributed by atoms with Gasteiger partial charge in [-0.1, -0.05) is 31.2 Å². The van der Waals surface area contributed by atoms with Crippen LogP contribution < -0.4 is 5.32 Å². The zero-order chi connectivity index (χ0) is 18.8. The lowest BCUT2D eigenvalue weighted by Crippen LogP contribution is -2.24. The number of hydrogen-bond donors (Lipinski definition) is 1. The van der Waals surface area contributed by atoms with E-state index < -0.39 is 0 Å². The standard InChI is InChI=1S/C22H22N4O/c1-14-11-19(14)22(27)25-12-16-3-5-18(6-4-16)21-20(13-24-15(2)26-21)17-7-9-23-10-8-17/h3-10,13-14,19H,11-12H2,1-2H3,(H,25,27)/t14-,19+/m1/s1. The molecule has 0 radical (unpaired) electrons. The Morgan fingerprint density at radius 3 is 2.48 bits per heavy atom. The van der Waals surface area contributed by atoms with Crippen LogP contribution in [-0.2, 0) is 11.3 Å². The van der Waals surface area contributed by atoms with Gasteiger partial charge in [0.15, 0.2) is 0 Å². The molecule has 1 N–H and O–H groups in total. The number of amides is 1. The van der Waals surface area contributed by atoms with Crippen LogP contribution in [0.25, 0.3) is 22.4 Å². The summed E-state index contributed by atoms with van der Waals surface area (Å²) >= 11 is 0. The molecule has 1 fully saturated rings. The Morgan fingerprint density at radius 2 is 1.81 bits per heavy atom. The summed E-state index contributed by atoms with van der Waals surface area (Å²) in [5, 5.41) is 3.03. The first-order chi connectivity index (χ1) is 13.1. The molecular weight excluding hydrogens is 336 g/mol. The van der Waals surface area contributed by atoms with E-state index in [4.69, 9.17) is 0 Å². The zero-order valence-electron chi connectivity index (χ0n) is 15.5. The molecule has 1 amide bonds. The van der Waals surface area contributed by atoms with E-state index in [0.29, 0.717) is 12.5 Å². The van der Waals surface area contributed by atoms with Crippen molar-refractivity contribution in [1.29, 1.82) is 0 Å². The normalized spacial score (nSPS) is 18.1. The maximum atomic E-state index is 12.0. The van der Waals surface area contributed by atoms with Crippen LogP contribution in [0, 0.1) is 18.8 Å². The van der Waals surface area contributed by atoms with Crippen molar-refractivity contribution >= 4 is 5.91 Å². The second kappa shape index (κ2) is 7.27. The topological polar surface area (TPSA) is 67.8 Å². The predicted octanol–water partition coefficient (Wildman–Crippen LogP) is 3.79. The van der Waals surface area contributed by atoms with Gasteiger partial charge in [-0.25, -0.2) is 9.97 Å². The minimum absolute atomic E-state index is 0.165. The van der Waals surface area contributed by atoms with Crippen molar-refractivity contribution < 1.29 is 4.79 Å². The molecule has 2 aromatic heterocycles. The highest BCUT2D eigenvalue weighted by atomic mass is 16.2. The van der Waals surface area contributed by atoms with Crippen molar-refractivity contribution in [2.45, 2.75) is 26.8 Å². The summed E-state index contributed by atoms with van der Waals surface area (Å²) in [6.07, 6.45) is 6.41. The van der Waals surface area contributed by atoms with Gasteiger partial charge < -0.3 is 5.32 Å². The van der Waals surface area contributed by atoms with E-state index in [2.05, 4.69) is 27.2 Å². The number of pyridine rings is 1. The van der Waals surface area contributed by atoms with Crippen LogP contribution in [0.3, 0.4) is 0 Å². The molecule has 1 aliphatic rings. The van der Waals surface area contributed by atoms with Crippen LogP contribution in [0.1, 0.15) is 24.7 Å². The van der Waals surface area contributed by atoms with E-state index in [0.717, 1.165) is 40.2 Å². The van der Waals surface area contributed by atoms with Gasteiger partial charge in [-0.3, -0.25) is 9.78 Å². The van der Waals surface area contributed by atoms with Crippen molar-refractivity contribution in [3.05, 3.63) is 66.4 Å². The largest absolute Gasteiger partial charge is 0.352 e. The molecule has 0 aliphatic heterocycles. The van der Waals surface area contributed by atoms with Crippen molar-refractivity contribution in [3.8, 4) is 22.4 Å². The molecular formula is C22H22N4O. The Balaban J connectivity index is 1.55. The molecule has 5 nitrogen and oxygen atoms in total. The lowest BCUT2D eigenvalue weighted by molar-refractivity contribution is -0.122. The van der Waals surface area contributed by atoms with Crippen molar-refractivity contribution in [2.24, 2.45) is 11.8 Å². The summed E-state index contributed by atoms with van der Waals surface area (Å²) in [7, 11) is 0. The van der Waals surface area contributed by atoms with Crippen molar-refractivity contribution in [3.63, 3.8) is 0 Å². The Labute approximate surface area is 158 Å². The summed E-state index contributed by atoms with van der Waals surface area (Å²) in [4.78, 5) is 25.1. The molecule has 2 atom stereocenters. The second-order valence-electron chi connectivity index (χ2n) is 7.15. The summed E-state index contributed by atoms with van der Waals surface area (Å²) in [5.41, 5.74) is 5.02. The number of benzene rings is 1. The Kier molecular flexibility index (Phi) is 4.67. The third-order valence-electron chi connectivity index (χ3n) is 5.04. The zero-order valence-corrected chi connectivity index (χ0v) is 15.5. The van der Waals surface area contributed by atoms with Gasteiger partial charge in [-0.05, 0) is 42.5 Å². The second-order valence-corrected chi connectivity index (χ2v) is 7.15. The first-order valence-corrected chi connectivity index (χ1v) is 9.23. The molecule has 0 saturated heterocycles. The number of nitrogens with one attached hydrogen (secondary N) is 1. The third kappa shape index (κ3) is 3.87. The fraction of sp³-hybridized carbons (Fsp3) is 0.273. The van der Waals surface area contributed by atoms with Gasteiger partial charge in [-0.2, -0.15) is 0 Å². The molecule has 4 rings (SSSR count). The number of rotatable bonds is 5. The molecule has 1 aliphatic carbocycles. The number of carbonyl (C=O) groups excluding carboxylic acids is 1. The lowest BCUT2D eigenvalue weighted by Gasteiger charge is -2.11. The van der Waals surface area contributed by atoms with E-state index in [-0.39, 0.29) is 11.8 Å². The van der Waals surface area contributed by atoms with Gasteiger partial charge in [0.05, 0.1) is 5.69 Å². The maximum absolute atomic E-state index is 12.0. The van der Waals surface area contributed by atoms with E-state index in [1.54, 1.807) is 12.4 Å². The van der Waals surface area contributed by atoms with Crippen molar-refractivity contribution in [2.75, 3.05) is 0 Å². The summed E-state index contributed by atoms with van der Waals surface area (Å²) in [6, 6.07) is 12.1. The Bertz CT molecular complexity index is 954. The molecule has 0 bridgehead atoms. The van der Waals surface area contributed by atoms with Crippen LogP contribution in [-0.4, -0.2) is 20.9 Å². The molecule has 1 aromatic carbocycles. The molecule has 3 aromatic rings. The van der Waals surface area contributed by atoms with Crippen LogP contribution in [0.15, 0.2) is 55.0 Å². The van der Waals surface area contributed by atoms with Gasteiger partial charge in [0.2, 0.25) is 5.91 Å². The van der Waals surface area contributed by atoms with Gasteiger partial charge in [-0.15, -0.1) is 0 Å². The number of aryl methyl sites for hydroxylation is 1. The molecule has 27 heavy (non-hydrogen) atoms. The number of carbonyl (C=O) groups is 1. The van der Waals surface area contributed by atoms with Gasteiger partial charge in [0.1, 0.15) is 5.82 Å². The molecule has 136 valence electrons. The highest BCUT2D eigenvalue weighted by Gasteiger charge is 2.38. The SMILES string of the molecule is Cc1ncc(-c2ccncc2)c(-c2ccc(CNC(=O)[C@H]3C[C@H]3C)cc2)n1. The molecule has 5 heteroatoms. The van der Waals surface area contributed by atoms with E-state index in [9.17, 15) is 4.79 Å². The molecule has 1 saturated carbocycles. The minimum atomic E-state index is 0.165. The predicted molar refractivity (Wildman–Crippen MR) is 105 cm³/mol. The minimum Gasteiger partial charge on any atom is -0.352 e.